The molecule has 0 bridgehead atoms. The second-order valence-corrected chi connectivity index (χ2v) is 21.9. The Balaban J connectivity index is 1.63. The van der Waals surface area contributed by atoms with Gasteiger partial charge in [-0.25, -0.2) is 9.59 Å². The normalized spacial score (nSPS) is 17.3. The summed E-state index contributed by atoms with van der Waals surface area (Å²) in [4.78, 5) is 51.7. The molecular weight excluding hydrogens is 779 g/mol. The number of nitrogens with zero attached hydrogens (tertiary/aromatic N) is 1. The molecule has 1 aliphatic rings. The maximum atomic E-state index is 13.2. The van der Waals surface area contributed by atoms with E-state index < -0.39 is 49.0 Å². The number of ether oxygens (including phenoxy) is 2. The van der Waals surface area contributed by atoms with Crippen molar-refractivity contribution in [2.45, 2.75) is 94.8 Å². The number of hydrogen-bond acceptors (Lipinski definition) is 7. The van der Waals surface area contributed by atoms with E-state index in [-0.39, 0.29) is 35.7 Å². The molecule has 2 amide bonds. The number of carbonyl (C=O) groups is 4. The van der Waals surface area contributed by atoms with Crippen LogP contribution in [0, 0.1) is 11.8 Å². The van der Waals surface area contributed by atoms with Crippen LogP contribution in [0.2, 0.25) is 5.04 Å². The summed E-state index contributed by atoms with van der Waals surface area (Å²) in [6, 6.07) is 19.8. The molecule has 1 aliphatic heterocycles. The molecule has 1 N–H and O–H groups in total. The molecule has 4 atom stereocenters. The lowest BCUT2D eigenvalue weighted by molar-refractivity contribution is -0.158. The lowest BCUT2D eigenvalue weighted by Gasteiger charge is -2.44. The summed E-state index contributed by atoms with van der Waals surface area (Å²) < 4.78 is 16.4. The number of aldehydes is 1. The molecule has 9 nitrogen and oxygen atoms in total. The number of hydrogen-bond donors (Lipinski definition) is 1. The Kier molecular flexibility index (Phi) is 17.7. The molecular formula is C42H55Cl3N2O7Si. The van der Waals surface area contributed by atoms with Crippen LogP contribution in [0.5, 0.6) is 0 Å². The van der Waals surface area contributed by atoms with Gasteiger partial charge in [0, 0.05) is 25.4 Å². The van der Waals surface area contributed by atoms with Crippen molar-refractivity contribution in [2.75, 3.05) is 19.7 Å². The van der Waals surface area contributed by atoms with Crippen LogP contribution in [-0.2, 0) is 28.3 Å². The molecule has 2 aromatic carbocycles. The number of nitrogens with one attached hydrogen (secondary N) is 1. The second-order valence-electron chi connectivity index (χ2n) is 15.2. The van der Waals surface area contributed by atoms with Gasteiger partial charge in [-0.05, 0) is 47.2 Å². The van der Waals surface area contributed by atoms with Crippen molar-refractivity contribution in [3.63, 3.8) is 0 Å². The lowest BCUT2D eigenvalue weighted by atomic mass is 9.94. The minimum Gasteiger partial charge on any atom is -0.460 e. The molecule has 13 heteroatoms. The summed E-state index contributed by atoms with van der Waals surface area (Å²) >= 11 is 17.1. The molecule has 0 aliphatic carbocycles. The van der Waals surface area contributed by atoms with Crippen LogP contribution in [0.25, 0.3) is 0 Å². The smallest absolute Gasteiger partial charge is 0.410 e. The van der Waals surface area contributed by atoms with Crippen molar-refractivity contribution in [1.29, 1.82) is 0 Å². The van der Waals surface area contributed by atoms with Crippen LogP contribution < -0.4 is 15.7 Å². The first-order valence-corrected chi connectivity index (χ1v) is 21.7. The summed E-state index contributed by atoms with van der Waals surface area (Å²) in [5.74, 6) is -1.22. The molecule has 3 rings (SSSR count). The van der Waals surface area contributed by atoms with Crippen LogP contribution in [-0.4, -0.2) is 79.2 Å². The Morgan fingerprint density at radius 2 is 1.56 bits per heavy atom. The van der Waals surface area contributed by atoms with E-state index in [1.54, 1.807) is 6.08 Å². The Labute approximate surface area is 342 Å². The number of likely N-dealkylation sites (tertiary alicyclic amines) is 1. The first-order valence-electron chi connectivity index (χ1n) is 18.6. The van der Waals surface area contributed by atoms with Gasteiger partial charge in [-0.15, -0.1) is 0 Å². The number of halogens is 3. The number of amides is 2. The highest BCUT2D eigenvalue weighted by Gasteiger charge is 2.51. The number of esters is 1. The van der Waals surface area contributed by atoms with Gasteiger partial charge in [-0.2, -0.15) is 0 Å². The average Bonchev–Trinajstić information content (AvgIpc) is 3.63. The van der Waals surface area contributed by atoms with Gasteiger partial charge >= 0.3 is 12.1 Å². The maximum Gasteiger partial charge on any atom is 0.410 e. The van der Waals surface area contributed by atoms with Crippen molar-refractivity contribution in [3.8, 4) is 0 Å². The molecule has 55 heavy (non-hydrogen) atoms. The van der Waals surface area contributed by atoms with Gasteiger partial charge in [-0.1, -0.05) is 167 Å². The molecule has 0 spiro atoms. The van der Waals surface area contributed by atoms with E-state index in [0.29, 0.717) is 19.4 Å². The Bertz CT molecular complexity index is 1620. The zero-order chi connectivity index (χ0) is 40.8. The minimum absolute atomic E-state index is 0.0702. The van der Waals surface area contributed by atoms with Crippen LogP contribution in [0.3, 0.4) is 0 Å². The summed E-state index contributed by atoms with van der Waals surface area (Å²) in [5, 5.41) is 4.87. The first-order chi connectivity index (χ1) is 25.9. The lowest BCUT2D eigenvalue weighted by Crippen LogP contribution is -2.67. The van der Waals surface area contributed by atoms with E-state index in [1.165, 1.54) is 11.0 Å². The zero-order valence-electron chi connectivity index (χ0n) is 32.8. The van der Waals surface area contributed by atoms with Crippen LogP contribution in [0.15, 0.2) is 96.6 Å². The van der Waals surface area contributed by atoms with Gasteiger partial charge in [0.05, 0.1) is 6.10 Å². The standard InChI is InChI=1S/C42H55Cl3N2O7Si/c1-30(2)38(53-39(50)36-21-15-26-47(36)40(51)52-29-42(43,44)45)32(4)22-23-37(49)46-25-14-16-31(3)28-33(24-27-48)54-55(41(5,6)7,34-17-10-8-11-18-34)35-19-12-9-13-20-35/h8-14,16-20,22-23,27-28,30,32-33,36,38H,15,21,24-26,29H2,1-7H3,(H,46,49)/b16-14+,23-22+,31-28+/t32-,33+,36-,38-/m1/s1. The highest BCUT2D eigenvalue weighted by Crippen LogP contribution is 2.38. The fourth-order valence-corrected chi connectivity index (χ4v) is 11.6. The number of allylic oxidation sites excluding steroid dienone is 2. The molecule has 0 unspecified atom stereocenters. The van der Waals surface area contributed by atoms with E-state index in [2.05, 4.69) is 50.4 Å². The quantitative estimate of drug-likeness (QED) is 0.0432. The predicted molar refractivity (Wildman–Crippen MR) is 223 cm³/mol. The van der Waals surface area contributed by atoms with Crippen molar-refractivity contribution in [3.05, 3.63) is 96.6 Å². The summed E-state index contributed by atoms with van der Waals surface area (Å²) in [5.41, 5.74) is 0.893. The second kappa shape index (κ2) is 21.2. The van der Waals surface area contributed by atoms with Gasteiger partial charge < -0.3 is 24.0 Å². The average molecular weight is 834 g/mol. The van der Waals surface area contributed by atoms with Crippen molar-refractivity contribution < 1.29 is 33.1 Å². The van der Waals surface area contributed by atoms with E-state index in [9.17, 15) is 19.2 Å². The largest absolute Gasteiger partial charge is 0.460 e. The topological polar surface area (TPSA) is 111 Å². The van der Waals surface area contributed by atoms with Crippen LogP contribution >= 0.6 is 34.8 Å². The molecule has 0 radical (unpaired) electrons. The molecule has 1 saturated heterocycles. The third-order valence-electron chi connectivity index (χ3n) is 9.39. The van der Waals surface area contributed by atoms with E-state index in [0.717, 1.165) is 22.2 Å². The SMILES string of the molecule is CC(/C=C/CNC(=O)/C=C/[C@@H](C)[C@H](OC(=O)[C@H]1CCCN1C(=O)OCC(Cl)(Cl)Cl)C(C)C)=C\[C@H](CC=O)O[Si](c1ccccc1)(c1ccccc1)C(C)(C)C. The molecule has 0 saturated carbocycles. The predicted octanol–water partition coefficient (Wildman–Crippen LogP) is 7.87. The Morgan fingerprint density at radius 1 is 0.964 bits per heavy atom. The number of benzene rings is 2. The number of alkyl halides is 3. The molecule has 1 heterocycles. The minimum atomic E-state index is -2.89. The van der Waals surface area contributed by atoms with E-state index in [4.69, 9.17) is 48.7 Å². The van der Waals surface area contributed by atoms with Crippen molar-refractivity contribution in [2.24, 2.45) is 11.8 Å². The van der Waals surface area contributed by atoms with Gasteiger partial charge in [0.15, 0.2) is 0 Å². The van der Waals surface area contributed by atoms with E-state index >= 15 is 0 Å². The first kappa shape index (κ1) is 46.0. The third kappa shape index (κ3) is 13.6. The molecule has 300 valence electrons. The summed E-state index contributed by atoms with van der Waals surface area (Å²) in [6.07, 6.45) is 9.20. The monoisotopic (exact) mass is 832 g/mol. The maximum absolute atomic E-state index is 13.2. The van der Waals surface area contributed by atoms with Crippen LogP contribution in [0.1, 0.15) is 67.7 Å². The van der Waals surface area contributed by atoms with Gasteiger partial charge in [-0.3, -0.25) is 9.69 Å². The highest BCUT2D eigenvalue weighted by atomic mass is 35.6. The summed E-state index contributed by atoms with van der Waals surface area (Å²) in [7, 11) is -2.89. The fraction of sp³-hybridized carbons (Fsp3) is 0.476. The molecule has 0 aromatic heterocycles. The fourth-order valence-electron chi connectivity index (χ4n) is 6.84. The number of rotatable bonds is 17. The third-order valence-corrected chi connectivity index (χ3v) is 14.8. The van der Waals surface area contributed by atoms with Gasteiger partial charge in [0.25, 0.3) is 8.32 Å². The zero-order valence-corrected chi connectivity index (χ0v) is 36.1. The van der Waals surface area contributed by atoms with Crippen LogP contribution in [0.4, 0.5) is 4.79 Å². The van der Waals surface area contributed by atoms with E-state index in [1.807, 2.05) is 82.3 Å². The number of carbonyl (C=O) groups excluding carboxylic acids is 4. The summed E-state index contributed by atoms with van der Waals surface area (Å²) in [6.45, 7) is 14.4. The van der Waals surface area contributed by atoms with Crippen molar-refractivity contribution in [1.82, 2.24) is 10.2 Å². The highest BCUT2D eigenvalue weighted by molar-refractivity contribution is 6.99. The molecule has 1 fully saturated rings. The van der Waals surface area contributed by atoms with Gasteiger partial charge in [0.2, 0.25) is 9.70 Å². The molecule has 2 aromatic rings. The Morgan fingerprint density at radius 3 is 2.09 bits per heavy atom. The van der Waals surface area contributed by atoms with Gasteiger partial charge in [0.1, 0.15) is 25.0 Å². The Hall–Kier alpha value is -3.41. The van der Waals surface area contributed by atoms with Crippen molar-refractivity contribution >= 4 is 77.7 Å².